The molecule has 0 aromatic carbocycles. The smallest absolute Gasteiger partial charge is 0.00516 e. The monoisotopic (exact) mass is 175 g/mol. The van der Waals surface area contributed by atoms with Crippen LogP contribution in [0.3, 0.4) is 0 Å². The number of hydrogen-bond acceptors (Lipinski definition) is 1. The molecule has 2 N–H and O–H groups in total. The first-order chi connectivity index (χ1) is 5.22. The van der Waals surface area contributed by atoms with Gasteiger partial charge in [-0.15, -0.1) is 13.2 Å². The zero-order valence-corrected chi connectivity index (χ0v) is 8.69. The standard InChI is InChI=1S/C5H13N.C3H8.C2H4.CH4/c1-3-5(2)4-6;1-3-2;1-2;/h5H,3-4,6H2,1-2H3;3H2,1-2H3;1-2H2;1H4. The predicted octanol–water partition coefficient (Wildman–Crippen LogP) is 3.85. The molecule has 0 aromatic heterocycles. The van der Waals surface area contributed by atoms with Crippen molar-refractivity contribution in [2.75, 3.05) is 6.54 Å². The molecule has 1 unspecified atom stereocenters. The molecule has 0 saturated heterocycles. The summed E-state index contributed by atoms with van der Waals surface area (Å²) in [5.41, 5.74) is 5.28. The average molecular weight is 175 g/mol. The molecule has 0 radical (unpaired) electrons. The van der Waals surface area contributed by atoms with E-state index in [-0.39, 0.29) is 7.43 Å². The van der Waals surface area contributed by atoms with Crippen LogP contribution in [0.5, 0.6) is 0 Å². The van der Waals surface area contributed by atoms with Gasteiger partial charge in [0.1, 0.15) is 0 Å². The van der Waals surface area contributed by atoms with Gasteiger partial charge in [-0.3, -0.25) is 0 Å². The highest BCUT2D eigenvalue weighted by Crippen LogP contribution is 1.93. The maximum atomic E-state index is 5.28. The van der Waals surface area contributed by atoms with Gasteiger partial charge in [0.05, 0.1) is 0 Å². The van der Waals surface area contributed by atoms with E-state index in [1.54, 1.807) is 0 Å². The summed E-state index contributed by atoms with van der Waals surface area (Å²) in [5, 5.41) is 0. The average Bonchev–Trinajstić information content (AvgIpc) is 2.08. The van der Waals surface area contributed by atoms with Gasteiger partial charge in [0.2, 0.25) is 0 Å². The second-order valence-electron chi connectivity index (χ2n) is 2.46. The quantitative estimate of drug-likeness (QED) is 0.634. The second-order valence-corrected chi connectivity index (χ2v) is 2.46. The van der Waals surface area contributed by atoms with E-state index in [0.29, 0.717) is 5.92 Å². The van der Waals surface area contributed by atoms with Gasteiger partial charge in [0.15, 0.2) is 0 Å². The van der Waals surface area contributed by atoms with Crippen molar-refractivity contribution < 1.29 is 0 Å². The van der Waals surface area contributed by atoms with Crippen LogP contribution >= 0.6 is 0 Å². The number of hydrogen-bond donors (Lipinski definition) is 1. The second kappa shape index (κ2) is 31.0. The van der Waals surface area contributed by atoms with Crippen LogP contribution in [-0.4, -0.2) is 6.54 Å². The van der Waals surface area contributed by atoms with E-state index in [1.807, 2.05) is 0 Å². The lowest BCUT2D eigenvalue weighted by Crippen LogP contribution is -2.08. The van der Waals surface area contributed by atoms with Gasteiger partial charge in [0.25, 0.3) is 0 Å². The minimum atomic E-state index is 0. The molecular weight excluding hydrogens is 146 g/mol. The lowest BCUT2D eigenvalue weighted by atomic mass is 10.1. The van der Waals surface area contributed by atoms with Crippen molar-refractivity contribution >= 4 is 0 Å². The maximum absolute atomic E-state index is 5.28. The molecule has 0 heterocycles. The van der Waals surface area contributed by atoms with Crippen LogP contribution in [0.4, 0.5) is 0 Å². The Kier molecular flexibility index (Phi) is 58.3. The summed E-state index contributed by atoms with van der Waals surface area (Å²) in [6.45, 7) is 15.4. The highest BCUT2D eigenvalue weighted by molar-refractivity contribution is 4.45. The Balaban J connectivity index is -0.0000000462. The Morgan fingerprint density at radius 3 is 1.42 bits per heavy atom. The van der Waals surface area contributed by atoms with Gasteiger partial charge < -0.3 is 5.73 Å². The van der Waals surface area contributed by atoms with Crippen molar-refractivity contribution in [3.05, 3.63) is 13.2 Å². The Bertz CT molecular complexity index is 40.3. The molecule has 0 rings (SSSR count). The number of nitrogens with two attached hydrogens (primary N) is 1. The summed E-state index contributed by atoms with van der Waals surface area (Å²) in [5.74, 6) is 0.713. The van der Waals surface area contributed by atoms with E-state index in [9.17, 15) is 0 Å². The predicted molar refractivity (Wildman–Crippen MR) is 62.5 cm³/mol. The zero-order valence-electron chi connectivity index (χ0n) is 8.69. The molecule has 12 heavy (non-hydrogen) atoms. The topological polar surface area (TPSA) is 26.0 Å². The molecule has 0 aliphatic heterocycles. The summed E-state index contributed by atoms with van der Waals surface area (Å²) < 4.78 is 0. The molecule has 78 valence electrons. The Morgan fingerprint density at radius 2 is 1.42 bits per heavy atom. The first kappa shape index (κ1) is 22.6. The third kappa shape index (κ3) is 53.6. The van der Waals surface area contributed by atoms with Crippen LogP contribution in [0.2, 0.25) is 0 Å². The molecule has 0 aromatic rings. The first-order valence-electron chi connectivity index (χ1n) is 4.42. The van der Waals surface area contributed by atoms with Gasteiger partial charge >= 0.3 is 0 Å². The molecule has 0 amide bonds. The highest BCUT2D eigenvalue weighted by Gasteiger charge is 1.88. The SMILES string of the molecule is C.C=C.CCC.CCC(C)CN. The zero-order chi connectivity index (χ0) is 9.70. The molecule has 1 atom stereocenters. The van der Waals surface area contributed by atoms with E-state index in [1.165, 1.54) is 12.8 Å². The Morgan fingerprint density at radius 1 is 1.17 bits per heavy atom. The van der Waals surface area contributed by atoms with Gasteiger partial charge in [-0.25, -0.2) is 0 Å². The summed E-state index contributed by atoms with van der Waals surface area (Å²) in [4.78, 5) is 0. The summed E-state index contributed by atoms with van der Waals surface area (Å²) in [6.07, 6.45) is 2.45. The maximum Gasteiger partial charge on any atom is -0.00516 e. The van der Waals surface area contributed by atoms with Crippen LogP contribution in [-0.2, 0) is 0 Å². The molecular formula is C11H29N. The van der Waals surface area contributed by atoms with Crippen molar-refractivity contribution in [1.29, 1.82) is 0 Å². The van der Waals surface area contributed by atoms with Gasteiger partial charge in [-0.05, 0) is 12.5 Å². The first-order valence-corrected chi connectivity index (χ1v) is 4.42. The lowest BCUT2D eigenvalue weighted by Gasteiger charge is -1.98. The van der Waals surface area contributed by atoms with Crippen molar-refractivity contribution in [2.24, 2.45) is 11.7 Å². The lowest BCUT2D eigenvalue weighted by molar-refractivity contribution is 0.576. The molecule has 1 heteroatoms. The Hall–Kier alpha value is -0.300. The third-order valence-corrected chi connectivity index (χ3v) is 1.10. The van der Waals surface area contributed by atoms with E-state index in [0.717, 1.165) is 6.54 Å². The molecule has 0 bridgehead atoms. The van der Waals surface area contributed by atoms with Crippen LogP contribution in [0.1, 0.15) is 48.0 Å². The summed E-state index contributed by atoms with van der Waals surface area (Å²) in [7, 11) is 0. The largest absolute Gasteiger partial charge is 0.330 e. The fourth-order valence-corrected chi connectivity index (χ4v) is 0.167. The molecule has 0 fully saturated rings. The van der Waals surface area contributed by atoms with Crippen molar-refractivity contribution in [3.63, 3.8) is 0 Å². The van der Waals surface area contributed by atoms with Crippen molar-refractivity contribution in [2.45, 2.75) is 48.0 Å². The fourth-order valence-electron chi connectivity index (χ4n) is 0.167. The van der Waals surface area contributed by atoms with Crippen LogP contribution in [0.25, 0.3) is 0 Å². The van der Waals surface area contributed by atoms with Gasteiger partial charge in [-0.2, -0.15) is 0 Å². The third-order valence-electron chi connectivity index (χ3n) is 1.10. The van der Waals surface area contributed by atoms with E-state index in [4.69, 9.17) is 5.73 Å². The Labute approximate surface area is 80.1 Å². The van der Waals surface area contributed by atoms with Crippen LogP contribution < -0.4 is 5.73 Å². The van der Waals surface area contributed by atoms with E-state index in [2.05, 4.69) is 40.9 Å². The normalized spacial score (nSPS) is 9.08. The minimum absolute atomic E-state index is 0. The van der Waals surface area contributed by atoms with Crippen molar-refractivity contribution in [3.8, 4) is 0 Å². The molecule has 0 spiro atoms. The van der Waals surface area contributed by atoms with E-state index < -0.39 is 0 Å². The molecule has 1 nitrogen and oxygen atoms in total. The van der Waals surface area contributed by atoms with Crippen molar-refractivity contribution in [1.82, 2.24) is 0 Å². The minimum Gasteiger partial charge on any atom is -0.330 e. The van der Waals surface area contributed by atoms with Crippen LogP contribution in [0, 0.1) is 5.92 Å². The summed E-state index contributed by atoms with van der Waals surface area (Å²) >= 11 is 0. The van der Waals surface area contributed by atoms with E-state index >= 15 is 0 Å². The molecule has 0 saturated carbocycles. The molecule has 0 aliphatic carbocycles. The molecule has 0 aliphatic rings. The van der Waals surface area contributed by atoms with Gasteiger partial charge in [-0.1, -0.05) is 48.0 Å². The fraction of sp³-hybridized carbons (Fsp3) is 0.818. The highest BCUT2D eigenvalue weighted by atomic mass is 14.5. The number of rotatable bonds is 2. The summed E-state index contributed by atoms with van der Waals surface area (Å²) in [6, 6.07) is 0. The van der Waals surface area contributed by atoms with Crippen LogP contribution in [0.15, 0.2) is 13.2 Å². The van der Waals surface area contributed by atoms with Gasteiger partial charge in [0, 0.05) is 0 Å².